The standard InChI is InChI=1S/C30H61N5O11.C30H59N3O11.2C20H37N5O5.6H2/c1-32-9-13-41-17-21-45-25-23-43-19-15-39-11-6-28(36)34-8-4-3-5-27(30(31)38)35-29(37)7-12-40-16-20-44-24-26-46-22-18-42-14-10-33-2;1-3-11-37-15-19-41-23-25-43-21-17-39-13-8-28(34)32-10-6-5-7-27(30(31)36)33-29(35)9-14-40-18-22-44-26-24-42-20-16-38-12-4-2;2*1-3-7-16(26)23-13-10-18(28)22-12-6-5-9-15(20(21)30)25-19(29)11-14-24-17(27)8-4-2;;;;;;/h27,32-33H,3-26H2,1-2H3,(H2,31,38)(H,34,36)(H,35,37);27H,3-26H2,1-2H3,(H2,31,36)(H,32,34)(H,33,35);2*15H,3-14H2,1-2H3,(H2,21,30)(H,22,28)(H,23,26)(H,24,27)(H,25,29);6*1H. The van der Waals surface area contributed by atoms with Crippen LogP contribution >= 0.6 is 0 Å². The number of carbonyl (C=O) groups excluding carboxylic acids is 16. The lowest BCUT2D eigenvalue weighted by Crippen LogP contribution is -2.45. The molecule has 0 aromatic carbocycles. The van der Waals surface area contributed by atoms with Crippen LogP contribution in [0, 0.1) is 0 Å². The summed E-state index contributed by atoms with van der Waals surface area (Å²) in [6.45, 7) is 31.3. The Bertz CT molecular complexity index is 3300. The normalized spacial score (nSPS) is 11.6. The zero-order valence-corrected chi connectivity index (χ0v) is 91.6. The van der Waals surface area contributed by atoms with Crippen LogP contribution in [0.3, 0.4) is 0 Å². The Morgan fingerprint density at radius 1 is 0.173 bits per heavy atom. The number of nitrogens with two attached hydrogens (primary N) is 4. The molecule has 0 bridgehead atoms. The van der Waals surface area contributed by atoms with Gasteiger partial charge in [-0.2, -0.15) is 0 Å². The van der Waals surface area contributed by atoms with Gasteiger partial charge in [0.05, 0.1) is 198 Å². The molecular weight excluding hydrogens is 1970 g/mol. The molecule has 0 radical (unpaired) electrons. The van der Waals surface area contributed by atoms with E-state index in [1.807, 2.05) is 41.8 Å². The van der Waals surface area contributed by atoms with Crippen molar-refractivity contribution in [2.75, 3.05) is 291 Å². The first-order valence-corrected chi connectivity index (χ1v) is 53.6. The second-order valence-electron chi connectivity index (χ2n) is 33.9. The lowest BCUT2D eigenvalue weighted by atomic mass is 10.1. The largest absolute Gasteiger partial charge is 0.379 e. The molecule has 0 saturated heterocycles. The molecule has 0 spiro atoms. The van der Waals surface area contributed by atoms with E-state index in [9.17, 15) is 76.7 Å². The molecule has 0 fully saturated rings. The van der Waals surface area contributed by atoms with Gasteiger partial charge < -0.3 is 173 Å². The molecule has 0 aliphatic heterocycles. The van der Waals surface area contributed by atoms with Gasteiger partial charge in [-0.15, -0.1) is 0 Å². The van der Waals surface area contributed by atoms with Gasteiger partial charge in [-0.25, -0.2) is 0 Å². The molecule has 4 unspecified atom stereocenters. The van der Waals surface area contributed by atoms with Crippen molar-refractivity contribution in [3.05, 3.63) is 0 Å². The third-order valence-corrected chi connectivity index (χ3v) is 20.3. The highest BCUT2D eigenvalue weighted by Gasteiger charge is 2.23. The summed E-state index contributed by atoms with van der Waals surface area (Å²) in [6.07, 6.45) is 14.4. The van der Waals surface area contributed by atoms with E-state index >= 15 is 0 Å². The first kappa shape index (κ1) is 147. The molecule has 0 aromatic heterocycles. The Kier molecular flexibility index (Phi) is 113. The zero-order chi connectivity index (χ0) is 112. The highest BCUT2D eigenvalue weighted by molar-refractivity contribution is 5.89. The van der Waals surface area contributed by atoms with Crippen molar-refractivity contribution in [2.24, 2.45) is 22.9 Å². The number of primary amides is 4. The Morgan fingerprint density at radius 3 is 0.513 bits per heavy atom. The smallest absolute Gasteiger partial charge is 0.239 e. The summed E-state index contributed by atoms with van der Waals surface area (Å²) in [5.41, 5.74) is 21.6. The zero-order valence-electron chi connectivity index (χ0n) is 91.6. The third-order valence-electron chi connectivity index (χ3n) is 20.3. The SMILES string of the molecule is CCCC(=O)NCCC(=O)NCCCCC(NC(=O)CCNC(=O)CCC)C(N)=O.CCCC(=O)NCCC(=O)NCCCCC(NC(=O)CCNC(=O)CCC)C(N)=O.CCCOCCOCCOCCOCCC(=O)NCCCCC(NC(=O)CCOCCOCCOCCOCCC)C(N)=O.CNCCOCCOCCOCCOCCC(=O)NCCCCC(NC(=O)CCOCCOCCOCCOCCNC)C(N)=O.[HH].[HH].[HH].[HH].[HH].[HH]. The summed E-state index contributed by atoms with van der Waals surface area (Å²) in [7, 11) is 3.75. The molecule has 150 heavy (non-hydrogen) atoms. The van der Waals surface area contributed by atoms with Gasteiger partial charge in [0.15, 0.2) is 0 Å². The summed E-state index contributed by atoms with van der Waals surface area (Å²) in [4.78, 5) is 187. The fourth-order valence-electron chi connectivity index (χ4n) is 12.2. The fraction of sp³-hybridized carbons (Fsp3) is 0.840. The Hall–Kier alpha value is -9.20. The Balaban J connectivity index is -0.000000229. The molecule has 50 nitrogen and oxygen atoms in total. The summed E-state index contributed by atoms with van der Waals surface area (Å²) in [6, 6.07) is -3.11. The van der Waals surface area contributed by atoms with Gasteiger partial charge in [0, 0.05) is 164 Å². The monoisotopic (exact) mass is 2170 g/mol. The minimum absolute atomic E-state index is 0. The molecule has 0 rings (SSSR count). The van der Waals surface area contributed by atoms with Crippen LogP contribution in [-0.4, -0.2) is 410 Å². The molecule has 0 aliphatic rings. The Morgan fingerprint density at radius 2 is 0.327 bits per heavy atom. The highest BCUT2D eigenvalue weighted by atomic mass is 16.6. The maximum Gasteiger partial charge on any atom is 0.239 e. The van der Waals surface area contributed by atoms with E-state index in [1.54, 1.807) is 0 Å². The molecule has 0 saturated carbocycles. The van der Waals surface area contributed by atoms with Crippen molar-refractivity contribution >= 4 is 94.5 Å². The number of unbranched alkanes of at least 4 members (excludes halogenated alkanes) is 4. The van der Waals surface area contributed by atoms with Crippen LogP contribution in [0.2, 0.25) is 0 Å². The summed E-state index contributed by atoms with van der Waals surface area (Å²) < 4.78 is 86.2. The van der Waals surface area contributed by atoms with Crippen molar-refractivity contribution in [3.63, 3.8) is 0 Å². The number of rotatable bonds is 106. The topological polar surface area (TPSA) is 693 Å². The maximum atomic E-state index is 12.2. The third kappa shape index (κ3) is 113. The van der Waals surface area contributed by atoms with E-state index in [1.165, 1.54) is 0 Å². The van der Waals surface area contributed by atoms with E-state index in [0.29, 0.717) is 327 Å². The van der Waals surface area contributed by atoms with Crippen LogP contribution in [0.4, 0.5) is 0 Å². The fourth-order valence-corrected chi connectivity index (χ4v) is 12.2. The molecular formula is C100H206N18O32. The average molecular weight is 2170 g/mol. The van der Waals surface area contributed by atoms with Gasteiger partial charge in [0.25, 0.3) is 0 Å². The molecule has 22 N–H and O–H groups in total. The van der Waals surface area contributed by atoms with Crippen molar-refractivity contribution in [1.29, 1.82) is 0 Å². The number of ether oxygens (including phenoxy) is 16. The van der Waals surface area contributed by atoms with Gasteiger partial charge in [0.1, 0.15) is 24.2 Å². The molecule has 0 heterocycles. The van der Waals surface area contributed by atoms with E-state index in [2.05, 4.69) is 88.3 Å². The molecule has 888 valence electrons. The number of hydrogen-bond donors (Lipinski definition) is 18. The van der Waals surface area contributed by atoms with Crippen molar-refractivity contribution < 1.29 is 161 Å². The number of carbonyl (C=O) groups is 16. The first-order chi connectivity index (χ1) is 72.6. The van der Waals surface area contributed by atoms with Crippen molar-refractivity contribution in [3.8, 4) is 0 Å². The minimum Gasteiger partial charge on any atom is -0.379 e. The number of amides is 16. The molecule has 50 heteroatoms. The van der Waals surface area contributed by atoms with Crippen LogP contribution in [0.15, 0.2) is 0 Å². The van der Waals surface area contributed by atoms with Gasteiger partial charge in [-0.05, 0) is 130 Å². The predicted octanol–water partition coefficient (Wildman–Crippen LogP) is 0.758. The van der Waals surface area contributed by atoms with Gasteiger partial charge in [0.2, 0.25) is 94.5 Å². The van der Waals surface area contributed by atoms with Crippen LogP contribution in [-0.2, 0) is 153 Å². The predicted molar refractivity (Wildman–Crippen MR) is 575 cm³/mol. The average Bonchev–Trinajstić information content (AvgIpc) is 0.941. The van der Waals surface area contributed by atoms with E-state index in [-0.39, 0.29) is 157 Å². The number of nitrogens with one attached hydrogen (secondary N) is 14. The number of likely N-dealkylation sites (N-methyl/N-ethyl adjacent to an activating group) is 2. The number of hydrogen-bond acceptors (Lipinski definition) is 34. The minimum atomic E-state index is -0.784. The second kappa shape index (κ2) is 115. The Labute approximate surface area is 898 Å². The van der Waals surface area contributed by atoms with Crippen LogP contribution in [0.1, 0.15) is 243 Å². The lowest BCUT2D eigenvalue weighted by Gasteiger charge is -2.15. The summed E-state index contributed by atoms with van der Waals surface area (Å²) >= 11 is 0. The van der Waals surface area contributed by atoms with Crippen molar-refractivity contribution in [1.82, 2.24) is 74.4 Å². The van der Waals surface area contributed by atoms with Crippen LogP contribution in [0.5, 0.6) is 0 Å². The van der Waals surface area contributed by atoms with Gasteiger partial charge in [-0.3, -0.25) is 76.7 Å². The first-order valence-electron chi connectivity index (χ1n) is 53.6. The summed E-state index contributed by atoms with van der Waals surface area (Å²) in [5.74, 6) is -4.66. The van der Waals surface area contributed by atoms with E-state index in [0.717, 1.165) is 64.8 Å². The van der Waals surface area contributed by atoms with Gasteiger partial charge in [-0.1, -0.05) is 41.5 Å². The molecule has 0 aromatic rings. The van der Waals surface area contributed by atoms with Crippen molar-refractivity contribution in [2.45, 2.75) is 258 Å². The van der Waals surface area contributed by atoms with E-state index in [4.69, 9.17) is 98.7 Å². The quantitative estimate of drug-likeness (QED) is 0.0374. The van der Waals surface area contributed by atoms with Crippen LogP contribution < -0.4 is 97.4 Å². The summed E-state index contributed by atoms with van der Waals surface area (Å²) in [5, 5.41) is 38.2. The van der Waals surface area contributed by atoms with Gasteiger partial charge >= 0.3 is 0 Å². The highest BCUT2D eigenvalue weighted by Crippen LogP contribution is 2.08. The molecule has 0 aliphatic carbocycles. The maximum absolute atomic E-state index is 12.2. The van der Waals surface area contributed by atoms with Crippen LogP contribution in [0.25, 0.3) is 0 Å². The lowest BCUT2D eigenvalue weighted by molar-refractivity contribution is -0.128. The van der Waals surface area contributed by atoms with E-state index < -0.39 is 47.8 Å². The molecule has 4 atom stereocenters. The molecule has 16 amide bonds. The second-order valence-corrected chi connectivity index (χ2v) is 33.9.